The number of nitrogens with one attached hydrogen (secondary N) is 4. The highest BCUT2D eigenvalue weighted by Gasteiger charge is 2.43. The van der Waals surface area contributed by atoms with Gasteiger partial charge in [0.05, 0.1) is 49.5 Å². The van der Waals surface area contributed by atoms with E-state index in [4.69, 9.17) is 18.9 Å². The van der Waals surface area contributed by atoms with Gasteiger partial charge < -0.3 is 40.2 Å². The Morgan fingerprint density at radius 2 is 0.644 bits per heavy atom. The molecule has 4 heterocycles. The number of urea groups is 2. The smallest absolute Gasteiger partial charge is 0.337 e. The van der Waals surface area contributed by atoms with Gasteiger partial charge in [-0.15, -0.1) is 0 Å². The van der Waals surface area contributed by atoms with Crippen molar-refractivity contribution in [1.29, 1.82) is 0 Å². The molecule has 0 saturated carbocycles. The van der Waals surface area contributed by atoms with E-state index in [1.165, 1.54) is 154 Å². The Morgan fingerprint density at radius 1 is 0.375 bits per heavy atom. The molecule has 0 spiro atoms. The van der Waals surface area contributed by atoms with E-state index in [0.29, 0.717) is 71.7 Å². The lowest BCUT2D eigenvalue weighted by Gasteiger charge is -2.22. The first-order chi connectivity index (χ1) is 50.1. The van der Waals surface area contributed by atoms with Crippen LogP contribution in [0.5, 0.6) is 0 Å². The van der Waals surface area contributed by atoms with Crippen LogP contribution in [-0.4, -0.2) is 155 Å². The first-order valence-corrected chi connectivity index (χ1v) is 42.8. The molecule has 2 aromatic rings. The zero-order chi connectivity index (χ0) is 75.2. The van der Waals surface area contributed by atoms with Gasteiger partial charge in [-0.3, -0.25) is 29.0 Å². The molecule has 0 radical (unpaired) electrons. The molecule has 4 saturated heterocycles. The number of hydrogen-bond donors (Lipinski definition) is 4. The molecule has 0 aromatic heterocycles. The SMILES string of the molecule is COC(=O)c1ccc(CN(CCCCCCCCCC(=O)CCCCC2SCC3NC(=O)NC32)CCCCCCCCCC(=O)CCCCC2SCC3NC(=O)NC32)cc1.COC(=O)c1ccc(CN(CCCCCCCCCC(=O)OC(C)(C)C)CCCCCCCCCC(=O)OC(C)(C)C)cc1. The lowest BCUT2D eigenvalue weighted by atomic mass is 10.0. The van der Waals surface area contributed by atoms with Crippen LogP contribution < -0.4 is 21.3 Å². The number of unbranched alkanes of at least 4 members (excludes halogenated alkanes) is 26. The molecule has 6 atom stereocenters. The van der Waals surface area contributed by atoms with E-state index in [1.807, 2.05) is 114 Å². The van der Waals surface area contributed by atoms with Gasteiger partial charge in [0.15, 0.2) is 0 Å². The number of carbonyl (C=O) groups is 8. The largest absolute Gasteiger partial charge is 0.465 e. The summed E-state index contributed by atoms with van der Waals surface area (Å²) >= 11 is 3.89. The summed E-state index contributed by atoms with van der Waals surface area (Å²) in [6.07, 6.45) is 42.4. The van der Waals surface area contributed by atoms with Gasteiger partial charge in [-0.1, -0.05) is 166 Å². The molecule has 20 heteroatoms. The van der Waals surface area contributed by atoms with Gasteiger partial charge in [-0.25, -0.2) is 19.2 Å². The number of methoxy groups -OCH3 is 2. The molecular weight excluding hydrogens is 1350 g/mol. The highest BCUT2D eigenvalue weighted by molar-refractivity contribution is 8.00. The van der Waals surface area contributed by atoms with E-state index in [-0.39, 0.29) is 60.1 Å². The second-order valence-corrected chi connectivity index (χ2v) is 34.4. The number of benzene rings is 2. The fourth-order valence-electron chi connectivity index (χ4n) is 14.5. The van der Waals surface area contributed by atoms with Crippen molar-refractivity contribution >= 4 is 71.0 Å². The highest BCUT2D eigenvalue weighted by atomic mass is 32.2. The molecule has 4 amide bonds. The zero-order valence-corrected chi connectivity index (χ0v) is 67.3. The molecule has 4 fully saturated rings. The number of esters is 4. The number of fused-ring (bicyclic) bond motifs is 2. The normalized spacial score (nSPS) is 18.2. The Balaban J connectivity index is 0.000000394. The molecular formula is C84H138N6O12S2. The number of thioether (sulfide) groups is 2. The summed E-state index contributed by atoms with van der Waals surface area (Å²) in [6, 6.07) is 16.6. The van der Waals surface area contributed by atoms with E-state index < -0.39 is 11.2 Å². The quantitative estimate of drug-likeness (QED) is 0.0209. The van der Waals surface area contributed by atoms with E-state index >= 15 is 0 Å². The number of nitrogens with zero attached hydrogens (tertiary/aromatic N) is 2. The van der Waals surface area contributed by atoms with E-state index in [1.54, 1.807) is 0 Å². The molecule has 18 nitrogen and oxygen atoms in total. The summed E-state index contributed by atoms with van der Waals surface area (Å²) < 4.78 is 20.5. The second-order valence-electron chi connectivity index (χ2n) is 31.8. The van der Waals surface area contributed by atoms with Gasteiger partial charge in [-0.2, -0.15) is 23.5 Å². The van der Waals surface area contributed by atoms with Crippen molar-refractivity contribution in [2.24, 2.45) is 0 Å². The van der Waals surface area contributed by atoms with Crippen LogP contribution in [0.25, 0.3) is 0 Å². The third-order valence-electron chi connectivity index (χ3n) is 20.2. The van der Waals surface area contributed by atoms with Crippen LogP contribution in [0, 0.1) is 0 Å². The summed E-state index contributed by atoms with van der Waals surface area (Å²) in [6.45, 7) is 17.5. The Hall–Kier alpha value is -5.18. The maximum atomic E-state index is 12.4. The molecule has 4 N–H and O–H groups in total. The fourth-order valence-corrected chi connectivity index (χ4v) is 17.6. The van der Waals surface area contributed by atoms with Gasteiger partial charge >= 0.3 is 35.9 Å². The average Bonchev–Trinajstić information content (AvgIpc) is 1.67. The number of amides is 4. The minimum absolute atomic E-state index is 0.0331. The van der Waals surface area contributed by atoms with Crippen LogP contribution in [0.15, 0.2) is 48.5 Å². The van der Waals surface area contributed by atoms with Crippen LogP contribution in [0.1, 0.15) is 330 Å². The molecule has 0 aliphatic carbocycles. The van der Waals surface area contributed by atoms with Crippen LogP contribution in [-0.2, 0) is 51.2 Å². The molecule has 0 bridgehead atoms. The van der Waals surface area contributed by atoms with E-state index in [2.05, 4.69) is 31.1 Å². The van der Waals surface area contributed by atoms with Crippen molar-refractivity contribution < 1.29 is 57.3 Å². The predicted molar refractivity (Wildman–Crippen MR) is 423 cm³/mol. The minimum atomic E-state index is -0.400. The Kier molecular flexibility index (Phi) is 44.7. The summed E-state index contributed by atoms with van der Waals surface area (Å²) in [5, 5.41) is 13.1. The Bertz CT molecular complexity index is 2650. The topological polar surface area (TPSA) is 228 Å². The first kappa shape index (κ1) is 89.4. The summed E-state index contributed by atoms with van der Waals surface area (Å²) in [5.74, 6) is 2.00. The van der Waals surface area contributed by atoms with E-state index in [9.17, 15) is 38.4 Å². The Labute approximate surface area is 635 Å². The van der Waals surface area contributed by atoms with Crippen molar-refractivity contribution in [1.82, 2.24) is 31.1 Å². The van der Waals surface area contributed by atoms with Crippen LogP contribution in [0.4, 0.5) is 9.59 Å². The third-order valence-corrected chi connectivity index (χ3v) is 23.3. The minimum Gasteiger partial charge on any atom is -0.465 e. The average molecular weight is 1490 g/mol. The lowest BCUT2D eigenvalue weighted by Crippen LogP contribution is -2.36. The highest BCUT2D eigenvalue weighted by Crippen LogP contribution is 2.35. The molecule has 6 unspecified atom stereocenters. The second kappa shape index (κ2) is 52.0. The number of rotatable bonds is 56. The lowest BCUT2D eigenvalue weighted by molar-refractivity contribution is -0.156. The first-order valence-electron chi connectivity index (χ1n) is 40.7. The summed E-state index contributed by atoms with van der Waals surface area (Å²) in [4.78, 5) is 101. The summed E-state index contributed by atoms with van der Waals surface area (Å²) in [5.41, 5.74) is 2.80. The zero-order valence-electron chi connectivity index (χ0n) is 65.6. The number of carbonyl (C=O) groups excluding carboxylic acids is 8. The Morgan fingerprint density at radius 3 is 0.933 bits per heavy atom. The fraction of sp³-hybridized carbons (Fsp3) is 0.762. The molecule has 104 heavy (non-hydrogen) atoms. The van der Waals surface area contributed by atoms with Crippen LogP contribution >= 0.6 is 23.5 Å². The molecule has 6 rings (SSSR count). The van der Waals surface area contributed by atoms with Crippen molar-refractivity contribution in [2.45, 2.75) is 357 Å². The number of ketones is 2. The van der Waals surface area contributed by atoms with Gasteiger partial charge in [0.1, 0.15) is 22.8 Å². The van der Waals surface area contributed by atoms with Crippen molar-refractivity contribution in [2.75, 3.05) is 51.9 Å². The van der Waals surface area contributed by atoms with Gasteiger partial charge in [-0.05, 0) is 180 Å². The molecule has 4 aliphatic rings. The third kappa shape index (κ3) is 40.1. The maximum Gasteiger partial charge on any atom is 0.337 e. The number of hydrogen-bond acceptors (Lipinski definition) is 16. The van der Waals surface area contributed by atoms with Gasteiger partial charge in [0.25, 0.3) is 0 Å². The molecule has 2 aromatic carbocycles. The van der Waals surface area contributed by atoms with Crippen LogP contribution in [0.2, 0.25) is 0 Å². The molecule has 4 aliphatic heterocycles. The monoisotopic (exact) mass is 1490 g/mol. The predicted octanol–water partition coefficient (Wildman–Crippen LogP) is 18.3. The maximum absolute atomic E-state index is 12.4. The van der Waals surface area contributed by atoms with Gasteiger partial charge in [0.2, 0.25) is 0 Å². The standard InChI is InChI=1S/C47H75N5O6S2.C37H63NO6/c1-58-45(55)36-28-26-35(27-29-36)32-52(30-18-10-6-2-4-8-12-20-37(53)22-14-16-24-41-43-39(33-59-41)48-46(56)50-43)31-19-11-7-3-5-9-13-21-38(54)23-15-17-25-42-44-40(34-60-42)49-47(57)51-44;1-36(2,3)43-33(39)22-18-14-10-8-12-16-20-28-38(30-31-24-26-32(27-25-31)35(41)42-7)29-21-17-13-9-11-15-19-23-34(40)44-37(4,5)6/h26-29,39-44H,2-25,30-34H2,1H3,(H2,48,50,56)(H2,49,51,57);24-27H,8-23,28-30H2,1-7H3. The molecule has 588 valence electrons. The number of Topliss-reactive ketones (excluding diaryl/α,β-unsaturated/α-hetero) is 2. The van der Waals surface area contributed by atoms with Crippen LogP contribution in [0.3, 0.4) is 0 Å². The summed E-state index contributed by atoms with van der Waals surface area (Å²) in [7, 11) is 2.82. The van der Waals surface area contributed by atoms with E-state index in [0.717, 1.165) is 141 Å². The van der Waals surface area contributed by atoms with Gasteiger partial charge in [0, 0.05) is 73.6 Å². The number of ether oxygens (including phenoxy) is 4. The van der Waals surface area contributed by atoms with Crippen molar-refractivity contribution in [3.63, 3.8) is 0 Å². The van der Waals surface area contributed by atoms with Crippen molar-refractivity contribution in [3.8, 4) is 0 Å². The van der Waals surface area contributed by atoms with Crippen molar-refractivity contribution in [3.05, 3.63) is 70.8 Å².